The highest BCUT2D eigenvalue weighted by molar-refractivity contribution is 7.99. The number of rotatable bonds is 8. The first-order valence-corrected chi connectivity index (χ1v) is 12.8. The summed E-state index contributed by atoms with van der Waals surface area (Å²) in [5, 5.41) is 3.02. The molecule has 1 fully saturated rings. The number of hydrogen-bond donors (Lipinski definition) is 1. The van der Waals surface area contributed by atoms with Gasteiger partial charge in [0.2, 0.25) is 0 Å². The van der Waals surface area contributed by atoms with Crippen LogP contribution >= 0.6 is 11.8 Å². The molecule has 1 aliphatic carbocycles. The number of benzene rings is 1. The van der Waals surface area contributed by atoms with Crippen molar-refractivity contribution >= 4 is 23.6 Å². The molecule has 1 amide bonds. The van der Waals surface area contributed by atoms with Crippen molar-refractivity contribution in [3.8, 4) is 0 Å². The standard InChI is InChI=1S/C26H33N3O3S/c1-3-33-23-10-6-18(7-11-23)13-28-25(30)21-12-22-16-29(17-24(22)27-14-21)15-19-4-8-20(9-5-19)26(31)32-2/h6-7,10-12,14,19-20H,3-5,8-9,13,15-17H2,1-2H3,(H,28,30)/t19-,20-. The second kappa shape index (κ2) is 11.2. The maximum absolute atomic E-state index is 12.7. The van der Waals surface area contributed by atoms with Crippen LogP contribution in [-0.4, -0.2) is 41.2 Å². The lowest BCUT2D eigenvalue weighted by Gasteiger charge is -2.29. The highest BCUT2D eigenvalue weighted by Gasteiger charge is 2.30. The molecule has 0 atom stereocenters. The average molecular weight is 468 g/mol. The molecule has 0 unspecified atom stereocenters. The number of hydrogen-bond acceptors (Lipinski definition) is 6. The Kier molecular flexibility index (Phi) is 8.04. The predicted octanol–water partition coefficient (Wildman–Crippen LogP) is 4.42. The molecule has 2 aliphatic rings. The smallest absolute Gasteiger partial charge is 0.308 e. The lowest BCUT2D eigenvalue weighted by molar-refractivity contribution is -0.146. The van der Waals surface area contributed by atoms with Crippen LogP contribution in [0, 0.1) is 11.8 Å². The number of methoxy groups -OCH3 is 1. The van der Waals surface area contributed by atoms with E-state index in [1.165, 1.54) is 12.0 Å². The van der Waals surface area contributed by atoms with Crippen molar-refractivity contribution in [2.24, 2.45) is 11.8 Å². The Hall–Kier alpha value is -2.38. The minimum Gasteiger partial charge on any atom is -0.469 e. The minimum absolute atomic E-state index is 0.0652. The molecule has 33 heavy (non-hydrogen) atoms. The fourth-order valence-corrected chi connectivity index (χ4v) is 5.51. The molecule has 1 aliphatic heterocycles. The molecule has 0 radical (unpaired) electrons. The first kappa shape index (κ1) is 23.8. The Labute approximate surface area is 200 Å². The van der Waals surface area contributed by atoms with E-state index in [1.807, 2.05) is 17.8 Å². The molecule has 1 N–H and O–H groups in total. The van der Waals surface area contributed by atoms with Crippen LogP contribution in [0.4, 0.5) is 0 Å². The highest BCUT2D eigenvalue weighted by atomic mass is 32.2. The van der Waals surface area contributed by atoms with Crippen LogP contribution in [0.5, 0.6) is 0 Å². The third-order valence-corrected chi connectivity index (χ3v) is 7.57. The second-order valence-corrected chi connectivity index (χ2v) is 10.3. The molecule has 1 saturated carbocycles. The van der Waals surface area contributed by atoms with Gasteiger partial charge in [-0.2, -0.15) is 0 Å². The molecule has 0 spiro atoms. The molecule has 176 valence electrons. The van der Waals surface area contributed by atoms with E-state index >= 15 is 0 Å². The SMILES string of the molecule is CCSc1ccc(CNC(=O)c2cnc3c(c2)CN(C[C@H]2CC[C@H](C(=O)OC)CC2)C3)cc1. The van der Waals surface area contributed by atoms with E-state index in [9.17, 15) is 9.59 Å². The molecule has 0 saturated heterocycles. The van der Waals surface area contributed by atoms with Crippen LogP contribution in [0.1, 0.15) is 59.8 Å². The summed E-state index contributed by atoms with van der Waals surface area (Å²) in [6.07, 6.45) is 5.65. The van der Waals surface area contributed by atoms with Crippen molar-refractivity contribution in [2.75, 3.05) is 19.4 Å². The van der Waals surface area contributed by atoms with Crippen molar-refractivity contribution in [3.63, 3.8) is 0 Å². The summed E-state index contributed by atoms with van der Waals surface area (Å²) < 4.78 is 4.90. The number of amides is 1. The van der Waals surface area contributed by atoms with Crippen LogP contribution < -0.4 is 5.32 Å². The summed E-state index contributed by atoms with van der Waals surface area (Å²) in [5.74, 6) is 1.57. The Morgan fingerprint density at radius 3 is 2.61 bits per heavy atom. The van der Waals surface area contributed by atoms with E-state index in [1.54, 1.807) is 6.20 Å². The number of carbonyl (C=O) groups excluding carboxylic acids is 2. The average Bonchev–Trinajstić information content (AvgIpc) is 3.25. The van der Waals surface area contributed by atoms with E-state index in [-0.39, 0.29) is 17.8 Å². The van der Waals surface area contributed by atoms with Gasteiger partial charge in [-0.25, -0.2) is 0 Å². The number of esters is 1. The quantitative estimate of drug-likeness (QED) is 0.458. The van der Waals surface area contributed by atoms with Crippen molar-refractivity contribution in [3.05, 3.63) is 58.9 Å². The summed E-state index contributed by atoms with van der Waals surface area (Å²) in [4.78, 5) is 32.7. The van der Waals surface area contributed by atoms with Gasteiger partial charge >= 0.3 is 5.97 Å². The maximum atomic E-state index is 12.7. The number of nitrogens with one attached hydrogen (secondary N) is 1. The Morgan fingerprint density at radius 2 is 1.91 bits per heavy atom. The number of thioether (sulfide) groups is 1. The predicted molar refractivity (Wildman–Crippen MR) is 130 cm³/mol. The summed E-state index contributed by atoms with van der Waals surface area (Å²) in [6, 6.07) is 10.3. The summed E-state index contributed by atoms with van der Waals surface area (Å²) in [6.45, 7) is 5.32. The van der Waals surface area contributed by atoms with Gasteiger partial charge in [-0.05, 0) is 66.7 Å². The number of pyridine rings is 1. The molecule has 2 aromatic rings. The second-order valence-electron chi connectivity index (χ2n) is 9.00. The van der Waals surface area contributed by atoms with Gasteiger partial charge in [-0.3, -0.25) is 19.5 Å². The van der Waals surface area contributed by atoms with Gasteiger partial charge in [0, 0.05) is 37.3 Å². The zero-order valence-corrected chi connectivity index (χ0v) is 20.3. The number of carbonyl (C=O) groups is 2. The van der Waals surface area contributed by atoms with Crippen LogP contribution in [0.25, 0.3) is 0 Å². The number of fused-ring (bicyclic) bond motifs is 1. The van der Waals surface area contributed by atoms with Gasteiger partial charge in [0.15, 0.2) is 0 Å². The molecular formula is C26H33N3O3S. The van der Waals surface area contributed by atoms with Crippen molar-refractivity contribution in [2.45, 2.75) is 57.1 Å². The monoisotopic (exact) mass is 467 g/mol. The fraction of sp³-hybridized carbons (Fsp3) is 0.500. The Balaban J connectivity index is 1.26. The summed E-state index contributed by atoms with van der Waals surface area (Å²) in [7, 11) is 1.47. The molecule has 7 heteroatoms. The van der Waals surface area contributed by atoms with Gasteiger partial charge in [0.1, 0.15) is 0 Å². The lowest BCUT2D eigenvalue weighted by atomic mass is 9.82. The maximum Gasteiger partial charge on any atom is 0.308 e. The van der Waals surface area contributed by atoms with Gasteiger partial charge in [-0.1, -0.05) is 19.1 Å². The Morgan fingerprint density at radius 1 is 1.15 bits per heavy atom. The number of nitrogens with zero attached hydrogens (tertiary/aromatic N) is 2. The van der Waals surface area contributed by atoms with Crippen LogP contribution in [0.3, 0.4) is 0 Å². The normalized spacial score (nSPS) is 20.3. The molecule has 1 aromatic carbocycles. The molecule has 4 rings (SSSR count). The third-order valence-electron chi connectivity index (χ3n) is 6.67. The van der Waals surface area contributed by atoms with E-state index in [0.29, 0.717) is 18.0 Å². The summed E-state index contributed by atoms with van der Waals surface area (Å²) in [5.41, 5.74) is 3.92. The number of ether oxygens (including phenoxy) is 1. The van der Waals surface area contributed by atoms with Crippen molar-refractivity contribution < 1.29 is 14.3 Å². The first-order valence-electron chi connectivity index (χ1n) is 11.8. The molecule has 2 heterocycles. The zero-order chi connectivity index (χ0) is 23.2. The third kappa shape index (κ3) is 6.15. The van der Waals surface area contributed by atoms with E-state index < -0.39 is 0 Å². The molecule has 0 bridgehead atoms. The van der Waals surface area contributed by atoms with E-state index in [2.05, 4.69) is 46.4 Å². The molecular weight excluding hydrogens is 434 g/mol. The first-order chi connectivity index (χ1) is 16.1. The highest BCUT2D eigenvalue weighted by Crippen LogP contribution is 2.32. The van der Waals surface area contributed by atoms with Crippen LogP contribution in [0.2, 0.25) is 0 Å². The van der Waals surface area contributed by atoms with Gasteiger partial charge in [0.25, 0.3) is 5.91 Å². The fourth-order valence-electron chi connectivity index (χ4n) is 4.85. The van der Waals surface area contributed by atoms with E-state index in [4.69, 9.17) is 4.74 Å². The van der Waals surface area contributed by atoms with Crippen LogP contribution in [0.15, 0.2) is 41.4 Å². The van der Waals surface area contributed by atoms with E-state index in [0.717, 1.165) is 67.9 Å². The van der Waals surface area contributed by atoms with Gasteiger partial charge < -0.3 is 10.1 Å². The largest absolute Gasteiger partial charge is 0.469 e. The van der Waals surface area contributed by atoms with Gasteiger partial charge in [-0.15, -0.1) is 11.8 Å². The van der Waals surface area contributed by atoms with Crippen molar-refractivity contribution in [1.82, 2.24) is 15.2 Å². The Bertz CT molecular complexity index is 971. The number of aromatic nitrogens is 1. The van der Waals surface area contributed by atoms with Gasteiger partial charge in [0.05, 0.1) is 24.3 Å². The van der Waals surface area contributed by atoms with Crippen molar-refractivity contribution in [1.29, 1.82) is 0 Å². The minimum atomic E-state index is -0.0862. The zero-order valence-electron chi connectivity index (χ0n) is 19.5. The van der Waals surface area contributed by atoms with Crippen LogP contribution in [-0.2, 0) is 29.2 Å². The topological polar surface area (TPSA) is 71.5 Å². The molecule has 1 aromatic heterocycles. The lowest BCUT2D eigenvalue weighted by Crippen LogP contribution is -2.30. The molecule has 6 nitrogen and oxygen atoms in total. The summed E-state index contributed by atoms with van der Waals surface area (Å²) >= 11 is 1.81.